The molecule has 0 rings (SSSR count). The molecular weight excluding hydrogens is 1020 g/mol. The Morgan fingerprint density at radius 1 is 0.362 bits per heavy atom. The van der Waals surface area contributed by atoms with Crippen LogP contribution in [0.3, 0.4) is 0 Å². The maximum absolute atomic E-state index is 13.0. The van der Waals surface area contributed by atoms with Crippen molar-refractivity contribution in [2.75, 3.05) is 26.4 Å². The molecule has 80 heavy (non-hydrogen) atoms. The predicted octanol–water partition coefficient (Wildman–Crippen LogP) is 19.6. The molecule has 3 atom stereocenters. The van der Waals surface area contributed by atoms with Crippen LogP contribution < -0.4 is 0 Å². The summed E-state index contributed by atoms with van der Waals surface area (Å²) in [6.07, 6.45) is 73.6. The summed E-state index contributed by atoms with van der Waals surface area (Å²) in [6.45, 7) is 4.46. The van der Waals surface area contributed by atoms with Crippen LogP contribution in [0.5, 0.6) is 0 Å². The molecule has 0 aromatic carbocycles. The smallest absolute Gasteiger partial charge is 0.462 e. The van der Waals surface area contributed by atoms with E-state index in [9.17, 15) is 28.9 Å². The van der Waals surface area contributed by atoms with Gasteiger partial charge in [-0.25, -0.2) is 4.57 Å². The lowest BCUT2D eigenvalue weighted by Gasteiger charge is -2.21. The van der Waals surface area contributed by atoms with Gasteiger partial charge in [0.25, 0.3) is 0 Å². The van der Waals surface area contributed by atoms with Gasteiger partial charge in [0, 0.05) is 19.3 Å². The van der Waals surface area contributed by atoms with Crippen molar-refractivity contribution >= 4 is 25.7 Å². The number of rotatable bonds is 59. The fraction of sp³-hybridized carbons (Fsp3) is 0.721. The summed E-state index contributed by atoms with van der Waals surface area (Å²) in [5, 5.41) is 9.84. The quantitative estimate of drug-likeness (QED) is 0.0197. The first-order valence-corrected chi connectivity index (χ1v) is 33.6. The Morgan fingerprint density at radius 2 is 0.662 bits per heavy atom. The second-order valence-corrected chi connectivity index (χ2v) is 22.7. The lowest BCUT2D eigenvalue weighted by molar-refractivity contribution is -0.161. The summed E-state index contributed by atoms with van der Waals surface area (Å²) in [4.78, 5) is 48.7. The molecule has 0 bridgehead atoms. The second-order valence-electron chi connectivity index (χ2n) is 21.2. The van der Waals surface area contributed by atoms with Crippen molar-refractivity contribution in [2.24, 2.45) is 0 Å². The van der Waals surface area contributed by atoms with Crippen LogP contribution in [-0.2, 0) is 42.2 Å². The number of carbonyl (C=O) groups excluding carboxylic acids is 3. The third-order valence-electron chi connectivity index (χ3n) is 13.5. The van der Waals surface area contributed by atoms with Gasteiger partial charge < -0.3 is 24.2 Å². The minimum absolute atomic E-state index is 0.0950. The van der Waals surface area contributed by atoms with Gasteiger partial charge in [-0.1, -0.05) is 259 Å². The summed E-state index contributed by atoms with van der Waals surface area (Å²) in [5.41, 5.74) is 0. The maximum atomic E-state index is 13.0. The Labute approximate surface area is 489 Å². The molecule has 0 aromatic rings. The standard InChI is InChI=1S/C68H117O11P/c1-4-7-10-13-16-19-22-25-28-31-32-35-38-41-44-47-50-53-56-59-68(72)79-65(61-75-66(70)57-54-51-48-45-42-39-36-33-29-26-23-20-17-14-11-8-5-2)63-77-80(73,74)76-62-64(60-69)78-67(71)58-55-52-49-46-43-40-37-34-30-27-24-21-18-15-12-9-6-3/h9,12,16,18-19,21,25,27-28,30,32,35,37,40,46,49,64-65,69H,4-8,10-11,13-15,17,20,22-24,26,29,31,33-34,36,38-39,41-45,47-48,50-63H2,1-3H3,(H,73,74)/b12-9-,19-16-,21-18-,28-25-,30-27-,35-32-,40-37-,49-46-. The predicted molar refractivity (Wildman–Crippen MR) is 334 cm³/mol. The zero-order valence-corrected chi connectivity index (χ0v) is 51.9. The van der Waals surface area contributed by atoms with Gasteiger partial charge in [-0.3, -0.25) is 23.4 Å². The highest BCUT2D eigenvalue weighted by Crippen LogP contribution is 2.43. The number of phosphoric acid groups is 1. The fourth-order valence-electron chi connectivity index (χ4n) is 8.64. The number of hydrogen-bond acceptors (Lipinski definition) is 10. The van der Waals surface area contributed by atoms with E-state index < -0.39 is 57.8 Å². The molecule has 0 aliphatic carbocycles. The van der Waals surface area contributed by atoms with E-state index in [2.05, 4.69) is 106 Å². The Morgan fingerprint density at radius 3 is 1.07 bits per heavy atom. The Kier molecular flexibility index (Phi) is 58.7. The molecule has 0 saturated carbocycles. The van der Waals surface area contributed by atoms with Crippen LogP contribution in [0.2, 0.25) is 0 Å². The minimum Gasteiger partial charge on any atom is -0.462 e. The van der Waals surface area contributed by atoms with E-state index in [0.29, 0.717) is 25.7 Å². The maximum Gasteiger partial charge on any atom is 0.472 e. The van der Waals surface area contributed by atoms with Crippen LogP contribution in [0.4, 0.5) is 0 Å². The highest BCUT2D eigenvalue weighted by molar-refractivity contribution is 7.47. The Hall–Kier alpha value is -3.60. The van der Waals surface area contributed by atoms with Crippen molar-refractivity contribution in [1.82, 2.24) is 0 Å². The van der Waals surface area contributed by atoms with Crippen LogP contribution in [0.1, 0.15) is 278 Å². The highest BCUT2D eigenvalue weighted by atomic mass is 31.2. The number of carbonyl (C=O) groups is 3. The van der Waals surface area contributed by atoms with Gasteiger partial charge in [-0.15, -0.1) is 0 Å². The Balaban J connectivity index is 4.78. The van der Waals surface area contributed by atoms with Crippen LogP contribution in [0, 0.1) is 0 Å². The van der Waals surface area contributed by atoms with Gasteiger partial charge in [-0.05, 0) is 96.3 Å². The first-order chi connectivity index (χ1) is 39.2. The van der Waals surface area contributed by atoms with Gasteiger partial charge in [-0.2, -0.15) is 0 Å². The number of aliphatic hydroxyl groups excluding tert-OH is 1. The SMILES string of the molecule is CC/C=C\C/C=C\C/C=C\C/C=C\C/C=C\CCCC(=O)OC(CO)COP(=O)(O)OCC(COC(=O)CCCCCCCCCCCCCCCCCCC)OC(=O)CCCCCCCC/C=C\C/C=C\C/C=C\CCCCC. The van der Waals surface area contributed by atoms with Gasteiger partial charge in [0.2, 0.25) is 0 Å². The number of allylic oxidation sites excluding steroid dienone is 16. The van der Waals surface area contributed by atoms with E-state index in [0.717, 1.165) is 103 Å². The lowest BCUT2D eigenvalue weighted by atomic mass is 10.0. The molecular formula is C68H117O11P. The fourth-order valence-corrected chi connectivity index (χ4v) is 9.42. The van der Waals surface area contributed by atoms with E-state index in [4.69, 9.17) is 23.3 Å². The van der Waals surface area contributed by atoms with Gasteiger partial charge in [0.1, 0.15) is 12.7 Å². The van der Waals surface area contributed by atoms with E-state index in [-0.39, 0.29) is 25.9 Å². The van der Waals surface area contributed by atoms with Crippen molar-refractivity contribution in [2.45, 2.75) is 290 Å². The second kappa shape index (κ2) is 61.5. The van der Waals surface area contributed by atoms with Crippen LogP contribution in [0.25, 0.3) is 0 Å². The van der Waals surface area contributed by atoms with Gasteiger partial charge in [0.05, 0.1) is 19.8 Å². The average Bonchev–Trinajstić information content (AvgIpc) is 3.45. The molecule has 0 saturated heterocycles. The van der Waals surface area contributed by atoms with Crippen molar-refractivity contribution < 1.29 is 52.2 Å². The topological polar surface area (TPSA) is 155 Å². The summed E-state index contributed by atoms with van der Waals surface area (Å²) < 4.78 is 39.6. The number of esters is 3. The van der Waals surface area contributed by atoms with Crippen molar-refractivity contribution in [3.63, 3.8) is 0 Å². The number of aliphatic hydroxyl groups is 1. The van der Waals surface area contributed by atoms with Crippen LogP contribution in [0.15, 0.2) is 97.2 Å². The highest BCUT2D eigenvalue weighted by Gasteiger charge is 2.28. The third kappa shape index (κ3) is 59.0. The van der Waals surface area contributed by atoms with Crippen molar-refractivity contribution in [3.05, 3.63) is 97.2 Å². The van der Waals surface area contributed by atoms with E-state index in [1.54, 1.807) is 0 Å². The largest absolute Gasteiger partial charge is 0.472 e. The molecule has 0 radical (unpaired) electrons. The van der Waals surface area contributed by atoms with E-state index in [1.165, 1.54) is 109 Å². The zero-order chi connectivity index (χ0) is 58.3. The molecule has 0 aliphatic heterocycles. The van der Waals surface area contributed by atoms with Crippen molar-refractivity contribution in [3.8, 4) is 0 Å². The summed E-state index contributed by atoms with van der Waals surface area (Å²) >= 11 is 0. The van der Waals surface area contributed by atoms with Crippen molar-refractivity contribution in [1.29, 1.82) is 0 Å². The molecule has 460 valence electrons. The number of unbranched alkanes of at least 4 members (excludes halogenated alkanes) is 26. The average molecular weight is 1140 g/mol. The molecule has 11 nitrogen and oxygen atoms in total. The molecule has 0 amide bonds. The molecule has 0 aromatic heterocycles. The normalized spacial score (nSPS) is 13.9. The monoisotopic (exact) mass is 1140 g/mol. The van der Waals surface area contributed by atoms with Crippen LogP contribution in [-0.4, -0.2) is 66.5 Å². The van der Waals surface area contributed by atoms with Gasteiger partial charge in [0.15, 0.2) is 6.10 Å². The molecule has 0 spiro atoms. The molecule has 12 heteroatoms. The molecule has 2 N–H and O–H groups in total. The third-order valence-corrected chi connectivity index (χ3v) is 14.4. The first-order valence-electron chi connectivity index (χ1n) is 32.1. The van der Waals surface area contributed by atoms with E-state index in [1.807, 2.05) is 12.2 Å². The first kappa shape index (κ1) is 76.4. The molecule has 3 unspecified atom stereocenters. The molecule has 0 heterocycles. The number of ether oxygens (including phenoxy) is 3. The van der Waals surface area contributed by atoms with Crippen LogP contribution >= 0.6 is 7.82 Å². The molecule has 0 fully saturated rings. The molecule has 0 aliphatic rings. The summed E-state index contributed by atoms with van der Waals surface area (Å²) in [5.74, 6) is -1.53. The Bertz CT molecular complexity index is 1710. The number of phosphoric ester groups is 1. The minimum atomic E-state index is -4.78. The zero-order valence-electron chi connectivity index (χ0n) is 51.0. The summed E-state index contributed by atoms with van der Waals surface area (Å²) in [7, 11) is -4.78. The van der Waals surface area contributed by atoms with Gasteiger partial charge >= 0.3 is 25.7 Å². The summed E-state index contributed by atoms with van der Waals surface area (Å²) in [6, 6.07) is 0. The van der Waals surface area contributed by atoms with E-state index >= 15 is 0 Å². The number of hydrogen-bond donors (Lipinski definition) is 2. The lowest BCUT2D eigenvalue weighted by Crippen LogP contribution is -2.30.